The minimum Gasteiger partial charge on any atom is -0.493 e. The van der Waals surface area contributed by atoms with Gasteiger partial charge in [0.25, 0.3) is 5.91 Å². The van der Waals surface area contributed by atoms with Crippen molar-refractivity contribution in [2.45, 2.75) is 58.0 Å². The van der Waals surface area contributed by atoms with Gasteiger partial charge in [-0.05, 0) is 48.3 Å². The number of carbonyl (C=O) groups excluding carboxylic acids is 4. The van der Waals surface area contributed by atoms with E-state index in [2.05, 4.69) is 31.4 Å². The van der Waals surface area contributed by atoms with Crippen LogP contribution >= 0.6 is 0 Å². The number of nitrogens with zero attached hydrogens (tertiary/aromatic N) is 1. The van der Waals surface area contributed by atoms with Crippen LogP contribution in [0.2, 0.25) is 0 Å². The number of rotatable bonds is 8. The van der Waals surface area contributed by atoms with Crippen molar-refractivity contribution >= 4 is 23.8 Å². The fourth-order valence-electron chi connectivity index (χ4n) is 5.60. The SMILES string of the molecule is COC(=O)CC(NC(=O)CN1C(=O)NC2(CC(C)CC(C)(C)C2)C1=O)c1ccc(OC)c(OC)c1. The van der Waals surface area contributed by atoms with E-state index in [4.69, 9.17) is 14.2 Å². The van der Waals surface area contributed by atoms with E-state index in [9.17, 15) is 19.2 Å². The summed E-state index contributed by atoms with van der Waals surface area (Å²) < 4.78 is 15.4. The molecule has 3 unspecified atom stereocenters. The van der Waals surface area contributed by atoms with Gasteiger partial charge in [-0.25, -0.2) is 4.79 Å². The number of esters is 1. The van der Waals surface area contributed by atoms with Crippen LogP contribution in [-0.2, 0) is 19.1 Å². The second-order valence-electron chi connectivity index (χ2n) is 10.3. The zero-order valence-electron chi connectivity index (χ0n) is 21.2. The molecule has 1 spiro atoms. The molecule has 0 aromatic heterocycles. The Labute approximate surface area is 205 Å². The van der Waals surface area contributed by atoms with Gasteiger partial charge in [0.05, 0.1) is 33.8 Å². The molecule has 0 bridgehead atoms. The molecular weight excluding hydrogens is 454 g/mol. The van der Waals surface area contributed by atoms with Crippen molar-refractivity contribution < 1.29 is 33.4 Å². The number of methoxy groups -OCH3 is 3. The third-order valence-corrected chi connectivity index (χ3v) is 6.67. The Hall–Kier alpha value is -3.30. The molecule has 192 valence electrons. The minimum absolute atomic E-state index is 0.113. The predicted molar refractivity (Wildman–Crippen MR) is 127 cm³/mol. The normalized spacial score (nSPS) is 24.1. The van der Waals surface area contributed by atoms with E-state index in [0.717, 1.165) is 11.3 Å². The molecule has 10 heteroatoms. The number of carbonyl (C=O) groups is 4. The maximum absolute atomic E-state index is 13.4. The van der Waals surface area contributed by atoms with Crippen molar-refractivity contribution in [3.05, 3.63) is 23.8 Å². The lowest BCUT2D eigenvalue weighted by Gasteiger charge is -2.43. The molecule has 1 aliphatic carbocycles. The molecule has 3 rings (SSSR count). The van der Waals surface area contributed by atoms with E-state index in [1.807, 2.05) is 0 Å². The average molecular weight is 490 g/mol. The van der Waals surface area contributed by atoms with Crippen LogP contribution in [0.5, 0.6) is 11.5 Å². The molecule has 2 N–H and O–H groups in total. The number of amides is 4. The van der Waals surface area contributed by atoms with E-state index < -0.39 is 36.0 Å². The number of ether oxygens (including phenoxy) is 3. The average Bonchev–Trinajstić information content (AvgIpc) is 2.99. The largest absolute Gasteiger partial charge is 0.493 e. The fourth-order valence-corrected chi connectivity index (χ4v) is 5.60. The van der Waals surface area contributed by atoms with Gasteiger partial charge in [-0.3, -0.25) is 19.3 Å². The summed E-state index contributed by atoms with van der Waals surface area (Å²) in [4.78, 5) is 52.1. The molecule has 1 aliphatic heterocycles. The number of hydrogen-bond acceptors (Lipinski definition) is 7. The molecule has 1 saturated carbocycles. The first-order chi connectivity index (χ1) is 16.4. The predicted octanol–water partition coefficient (Wildman–Crippen LogP) is 2.56. The minimum atomic E-state index is -0.993. The van der Waals surface area contributed by atoms with Gasteiger partial charge in [0.15, 0.2) is 11.5 Å². The summed E-state index contributed by atoms with van der Waals surface area (Å²) in [6.45, 7) is 5.78. The van der Waals surface area contributed by atoms with E-state index in [-0.39, 0.29) is 23.7 Å². The zero-order chi connectivity index (χ0) is 26.0. The maximum Gasteiger partial charge on any atom is 0.325 e. The molecule has 1 aromatic carbocycles. The van der Waals surface area contributed by atoms with Gasteiger partial charge >= 0.3 is 12.0 Å². The highest BCUT2D eigenvalue weighted by Gasteiger charge is 2.56. The Morgan fingerprint density at radius 2 is 1.83 bits per heavy atom. The smallest absolute Gasteiger partial charge is 0.325 e. The Bertz CT molecular complexity index is 1010. The molecule has 2 aliphatic rings. The third kappa shape index (κ3) is 5.68. The van der Waals surface area contributed by atoms with Crippen molar-refractivity contribution in [1.29, 1.82) is 0 Å². The maximum atomic E-state index is 13.4. The van der Waals surface area contributed by atoms with E-state index in [0.29, 0.717) is 29.9 Å². The molecule has 35 heavy (non-hydrogen) atoms. The van der Waals surface area contributed by atoms with Crippen molar-refractivity contribution in [2.24, 2.45) is 11.3 Å². The van der Waals surface area contributed by atoms with Gasteiger partial charge in [-0.15, -0.1) is 0 Å². The Morgan fingerprint density at radius 3 is 2.43 bits per heavy atom. The van der Waals surface area contributed by atoms with E-state index in [1.54, 1.807) is 18.2 Å². The van der Waals surface area contributed by atoms with Crippen molar-refractivity contribution in [3.8, 4) is 11.5 Å². The summed E-state index contributed by atoms with van der Waals surface area (Å²) in [5, 5.41) is 5.63. The van der Waals surface area contributed by atoms with Crippen LogP contribution in [0.25, 0.3) is 0 Å². The number of nitrogens with one attached hydrogen (secondary N) is 2. The molecule has 0 radical (unpaired) electrons. The summed E-state index contributed by atoms with van der Waals surface area (Å²) in [5.41, 5.74) is -0.525. The van der Waals surface area contributed by atoms with Crippen LogP contribution in [0, 0.1) is 11.3 Å². The van der Waals surface area contributed by atoms with Gasteiger partial charge < -0.3 is 24.8 Å². The van der Waals surface area contributed by atoms with Gasteiger partial charge in [-0.1, -0.05) is 26.8 Å². The highest BCUT2D eigenvalue weighted by molar-refractivity contribution is 6.09. The Morgan fingerprint density at radius 1 is 1.14 bits per heavy atom. The van der Waals surface area contributed by atoms with Gasteiger partial charge in [0.1, 0.15) is 12.1 Å². The summed E-state index contributed by atoms with van der Waals surface area (Å²) in [6.07, 6.45) is 1.87. The molecule has 2 fully saturated rings. The summed E-state index contributed by atoms with van der Waals surface area (Å²) in [7, 11) is 4.25. The van der Waals surface area contributed by atoms with Crippen LogP contribution in [0.3, 0.4) is 0 Å². The van der Waals surface area contributed by atoms with E-state index in [1.165, 1.54) is 21.3 Å². The summed E-state index contributed by atoms with van der Waals surface area (Å²) in [5.74, 6) is -0.304. The summed E-state index contributed by atoms with van der Waals surface area (Å²) in [6, 6.07) is 3.67. The topological polar surface area (TPSA) is 123 Å². The third-order valence-electron chi connectivity index (χ3n) is 6.67. The summed E-state index contributed by atoms with van der Waals surface area (Å²) >= 11 is 0. The fraction of sp³-hybridized carbons (Fsp3) is 0.600. The molecule has 1 heterocycles. The van der Waals surface area contributed by atoms with Crippen LogP contribution in [-0.4, -0.2) is 62.1 Å². The molecule has 3 atom stereocenters. The van der Waals surface area contributed by atoms with Crippen LogP contribution in [0.4, 0.5) is 4.79 Å². The number of hydrogen-bond donors (Lipinski definition) is 2. The zero-order valence-corrected chi connectivity index (χ0v) is 21.2. The lowest BCUT2D eigenvalue weighted by Crippen LogP contribution is -2.54. The number of imide groups is 1. The highest BCUT2D eigenvalue weighted by Crippen LogP contribution is 2.46. The van der Waals surface area contributed by atoms with Crippen molar-refractivity contribution in [3.63, 3.8) is 0 Å². The van der Waals surface area contributed by atoms with Gasteiger partial charge in [-0.2, -0.15) is 0 Å². The number of urea groups is 1. The molecule has 4 amide bonds. The lowest BCUT2D eigenvalue weighted by molar-refractivity contribution is -0.142. The first kappa shape index (κ1) is 26.3. The quantitative estimate of drug-likeness (QED) is 0.425. The van der Waals surface area contributed by atoms with Crippen LogP contribution in [0.1, 0.15) is 58.1 Å². The molecule has 1 saturated heterocycles. The standard InChI is InChI=1S/C25H35N3O7/c1-15-11-24(2,3)14-25(12-15)22(31)28(23(32)27-25)13-20(29)26-17(10-21(30)35-6)16-7-8-18(33-4)19(9-16)34-5/h7-9,15,17H,10-14H2,1-6H3,(H,26,29)(H,27,32). The molecule has 10 nitrogen and oxygen atoms in total. The van der Waals surface area contributed by atoms with Crippen LogP contribution in [0.15, 0.2) is 18.2 Å². The Balaban J connectivity index is 1.78. The molecular formula is C25H35N3O7. The van der Waals surface area contributed by atoms with Crippen LogP contribution < -0.4 is 20.1 Å². The highest BCUT2D eigenvalue weighted by atomic mass is 16.5. The van der Waals surface area contributed by atoms with Crippen molar-refractivity contribution in [1.82, 2.24) is 15.5 Å². The van der Waals surface area contributed by atoms with Crippen molar-refractivity contribution in [2.75, 3.05) is 27.9 Å². The first-order valence-corrected chi connectivity index (χ1v) is 11.7. The second kappa shape index (κ2) is 10.1. The number of benzene rings is 1. The first-order valence-electron chi connectivity index (χ1n) is 11.7. The second-order valence-corrected chi connectivity index (χ2v) is 10.3. The van der Waals surface area contributed by atoms with Gasteiger partial charge in [0, 0.05) is 0 Å². The molecule has 1 aromatic rings. The Kier molecular flexibility index (Phi) is 7.62. The van der Waals surface area contributed by atoms with Gasteiger partial charge in [0.2, 0.25) is 5.91 Å². The lowest BCUT2D eigenvalue weighted by atomic mass is 9.64. The van der Waals surface area contributed by atoms with E-state index >= 15 is 0 Å². The monoisotopic (exact) mass is 489 g/mol.